The van der Waals surface area contributed by atoms with Gasteiger partial charge in [0.15, 0.2) is 8.68 Å². The van der Waals surface area contributed by atoms with Gasteiger partial charge in [-0.05, 0) is 24.7 Å². The summed E-state index contributed by atoms with van der Waals surface area (Å²) in [7, 11) is -3.36. The number of hydrogen-bond donors (Lipinski definition) is 0. The van der Waals surface area contributed by atoms with Crippen LogP contribution in [0, 0.1) is 11.8 Å². The molecule has 7 heteroatoms. The number of fused-ring (bicyclic) bond motifs is 1. The van der Waals surface area contributed by atoms with Gasteiger partial charge in [-0.25, -0.2) is 13.4 Å². The van der Waals surface area contributed by atoms with Crippen LogP contribution < -0.4 is 0 Å². The van der Waals surface area contributed by atoms with Crippen molar-refractivity contribution in [3.63, 3.8) is 0 Å². The number of hydrogen-bond acceptors (Lipinski definition) is 4. The molecule has 0 spiro atoms. The minimum Gasteiger partial charge on any atom is -0.232 e. The molecule has 0 N–H and O–H groups in total. The first kappa shape index (κ1) is 11.9. The first-order valence-electron chi connectivity index (χ1n) is 5.69. The van der Waals surface area contributed by atoms with Gasteiger partial charge in [0.2, 0.25) is 0 Å². The molecule has 2 heterocycles. The van der Waals surface area contributed by atoms with E-state index in [1.165, 1.54) is 25.5 Å². The molecule has 2 unspecified atom stereocenters. The topological polar surface area (TPSA) is 50.3 Å². The van der Waals surface area contributed by atoms with Crippen molar-refractivity contribution in [2.75, 3.05) is 13.1 Å². The number of aromatic nitrogens is 1. The van der Waals surface area contributed by atoms with Gasteiger partial charge in [0.1, 0.15) is 0 Å². The molecule has 94 valence electrons. The van der Waals surface area contributed by atoms with E-state index >= 15 is 0 Å². The zero-order valence-electron chi connectivity index (χ0n) is 9.17. The average molecular weight is 293 g/mol. The van der Waals surface area contributed by atoms with Crippen molar-refractivity contribution >= 4 is 33.0 Å². The largest absolute Gasteiger partial charge is 0.254 e. The van der Waals surface area contributed by atoms with Gasteiger partial charge in [0.25, 0.3) is 10.0 Å². The van der Waals surface area contributed by atoms with Crippen molar-refractivity contribution in [3.8, 4) is 0 Å². The van der Waals surface area contributed by atoms with E-state index in [0.29, 0.717) is 24.9 Å². The Bertz CT molecular complexity index is 516. The molecule has 3 rings (SSSR count). The second-order valence-corrected chi connectivity index (χ2v) is 8.48. The fourth-order valence-corrected chi connectivity index (χ4v) is 5.88. The van der Waals surface area contributed by atoms with Crippen LogP contribution in [-0.4, -0.2) is 30.8 Å². The predicted molar refractivity (Wildman–Crippen MR) is 66.7 cm³/mol. The maximum atomic E-state index is 12.3. The molecule has 0 amide bonds. The molecule has 1 saturated carbocycles. The smallest absolute Gasteiger partial charge is 0.232 e. The third-order valence-electron chi connectivity index (χ3n) is 3.74. The Balaban J connectivity index is 1.85. The Morgan fingerprint density at radius 1 is 1.35 bits per heavy atom. The Morgan fingerprint density at radius 2 is 2.00 bits per heavy atom. The number of halogens is 1. The lowest BCUT2D eigenvalue weighted by atomic mass is 10.0. The summed E-state index contributed by atoms with van der Waals surface area (Å²) in [5.41, 5.74) is 0. The fraction of sp³-hybridized carbons (Fsp3) is 0.700. The molecule has 0 radical (unpaired) electrons. The second-order valence-electron chi connectivity index (χ2n) is 4.71. The van der Waals surface area contributed by atoms with Crippen molar-refractivity contribution in [2.45, 2.75) is 23.5 Å². The van der Waals surface area contributed by atoms with Gasteiger partial charge in [0.05, 0.1) is 6.20 Å². The minimum absolute atomic E-state index is 0.266. The van der Waals surface area contributed by atoms with Crippen molar-refractivity contribution in [3.05, 3.63) is 10.7 Å². The van der Waals surface area contributed by atoms with Gasteiger partial charge >= 0.3 is 0 Å². The van der Waals surface area contributed by atoms with E-state index in [4.69, 9.17) is 11.6 Å². The standard InChI is InChI=1S/C10H13ClN2O2S2/c11-10-12-4-9(16-10)17(14,15)13-5-7-2-1-3-8(7)6-13/h4,7-8H,1-3,5-6H2. The highest BCUT2D eigenvalue weighted by atomic mass is 35.5. The van der Waals surface area contributed by atoms with Crippen molar-refractivity contribution < 1.29 is 8.42 Å². The maximum absolute atomic E-state index is 12.3. The number of rotatable bonds is 2. The molecule has 1 aromatic heterocycles. The van der Waals surface area contributed by atoms with Gasteiger partial charge < -0.3 is 0 Å². The van der Waals surface area contributed by atoms with E-state index in [1.54, 1.807) is 4.31 Å². The van der Waals surface area contributed by atoms with Gasteiger partial charge in [-0.1, -0.05) is 29.4 Å². The molecule has 1 saturated heterocycles. The van der Waals surface area contributed by atoms with Gasteiger partial charge in [-0.2, -0.15) is 4.31 Å². The molecule has 0 aromatic carbocycles. The normalized spacial score (nSPS) is 29.7. The van der Waals surface area contributed by atoms with Crippen molar-refractivity contribution in [1.29, 1.82) is 0 Å². The lowest BCUT2D eigenvalue weighted by Crippen LogP contribution is -2.29. The molecule has 1 aliphatic heterocycles. The van der Waals surface area contributed by atoms with E-state index in [-0.39, 0.29) is 8.68 Å². The van der Waals surface area contributed by atoms with Crippen LogP contribution in [0.1, 0.15) is 19.3 Å². The Hall–Kier alpha value is -0.170. The highest BCUT2D eigenvalue weighted by Gasteiger charge is 2.41. The summed E-state index contributed by atoms with van der Waals surface area (Å²) in [5.74, 6) is 1.13. The van der Waals surface area contributed by atoms with Crippen LogP contribution in [0.4, 0.5) is 0 Å². The third-order valence-corrected chi connectivity index (χ3v) is 7.13. The third kappa shape index (κ3) is 2.01. The Labute approximate surface area is 110 Å². The number of sulfonamides is 1. The minimum atomic E-state index is -3.36. The lowest BCUT2D eigenvalue weighted by Gasteiger charge is -2.15. The van der Waals surface area contributed by atoms with Crippen LogP contribution in [0.2, 0.25) is 4.47 Å². The number of nitrogens with zero attached hydrogens (tertiary/aromatic N) is 2. The summed E-state index contributed by atoms with van der Waals surface area (Å²) < 4.78 is 26.8. The lowest BCUT2D eigenvalue weighted by molar-refractivity contribution is 0.447. The van der Waals surface area contributed by atoms with Crippen LogP contribution in [0.3, 0.4) is 0 Å². The van der Waals surface area contributed by atoms with E-state index in [9.17, 15) is 8.42 Å². The Morgan fingerprint density at radius 3 is 2.53 bits per heavy atom. The van der Waals surface area contributed by atoms with Crippen molar-refractivity contribution in [1.82, 2.24) is 9.29 Å². The highest BCUT2D eigenvalue weighted by Crippen LogP contribution is 2.40. The zero-order valence-corrected chi connectivity index (χ0v) is 11.6. The van der Waals surface area contributed by atoms with E-state index in [0.717, 1.165) is 11.3 Å². The molecular weight excluding hydrogens is 280 g/mol. The maximum Gasteiger partial charge on any atom is 0.254 e. The monoisotopic (exact) mass is 292 g/mol. The van der Waals surface area contributed by atoms with E-state index in [1.807, 2.05) is 0 Å². The summed E-state index contributed by atoms with van der Waals surface area (Å²) in [5, 5.41) is 0. The van der Waals surface area contributed by atoms with Crippen LogP contribution >= 0.6 is 22.9 Å². The molecule has 1 aromatic rings. The first-order valence-corrected chi connectivity index (χ1v) is 8.32. The molecule has 4 nitrogen and oxygen atoms in total. The van der Waals surface area contributed by atoms with Crippen LogP contribution in [-0.2, 0) is 10.0 Å². The summed E-state index contributed by atoms with van der Waals surface area (Å²) >= 11 is 6.73. The first-order chi connectivity index (χ1) is 8.07. The molecule has 1 aliphatic carbocycles. The molecule has 17 heavy (non-hydrogen) atoms. The summed E-state index contributed by atoms with van der Waals surface area (Å²) in [6.07, 6.45) is 4.94. The van der Waals surface area contributed by atoms with E-state index in [2.05, 4.69) is 4.98 Å². The van der Waals surface area contributed by atoms with Crippen LogP contribution in [0.25, 0.3) is 0 Å². The molecule has 2 fully saturated rings. The summed E-state index contributed by atoms with van der Waals surface area (Å²) in [4.78, 5) is 3.80. The van der Waals surface area contributed by atoms with Gasteiger partial charge in [0, 0.05) is 13.1 Å². The summed E-state index contributed by atoms with van der Waals surface area (Å²) in [6.45, 7) is 1.34. The SMILES string of the molecule is O=S(=O)(c1cnc(Cl)s1)N1CC2CCCC2C1. The molecule has 2 aliphatic rings. The predicted octanol–water partition coefficient (Wildman–Crippen LogP) is 2.22. The molecule has 2 atom stereocenters. The van der Waals surface area contributed by atoms with Crippen LogP contribution in [0.5, 0.6) is 0 Å². The number of thiazole rings is 1. The molecular formula is C10H13ClN2O2S2. The van der Waals surface area contributed by atoms with Crippen molar-refractivity contribution in [2.24, 2.45) is 11.8 Å². The van der Waals surface area contributed by atoms with Gasteiger partial charge in [-0.15, -0.1) is 0 Å². The van der Waals surface area contributed by atoms with Crippen LogP contribution in [0.15, 0.2) is 10.4 Å². The van der Waals surface area contributed by atoms with E-state index < -0.39 is 10.0 Å². The quantitative estimate of drug-likeness (QED) is 0.840. The molecule has 0 bridgehead atoms. The zero-order chi connectivity index (χ0) is 12.0. The highest BCUT2D eigenvalue weighted by molar-refractivity contribution is 7.91. The van der Waals surface area contributed by atoms with Gasteiger partial charge in [-0.3, -0.25) is 0 Å². The summed E-state index contributed by atoms with van der Waals surface area (Å²) in [6, 6.07) is 0. The fourth-order valence-electron chi connectivity index (χ4n) is 2.87. The Kier molecular flexibility index (Phi) is 2.93. The second kappa shape index (κ2) is 4.19. The average Bonchev–Trinajstić information content (AvgIpc) is 2.89.